The standard InChI is InChI=1S/C14H25N/c1-7-14(4,5)9-11-8-12(11)13(15-6)10(2)3/h11-13H,2,6-9H2,1,3-5H3. The van der Waals surface area contributed by atoms with E-state index in [4.69, 9.17) is 0 Å². The molecule has 0 bridgehead atoms. The number of aliphatic imine (C=N–C) groups is 1. The van der Waals surface area contributed by atoms with Crippen molar-refractivity contribution in [1.82, 2.24) is 0 Å². The van der Waals surface area contributed by atoms with Gasteiger partial charge < -0.3 is 0 Å². The summed E-state index contributed by atoms with van der Waals surface area (Å²) in [5, 5.41) is 0. The van der Waals surface area contributed by atoms with Crippen molar-refractivity contribution in [3.63, 3.8) is 0 Å². The Hall–Kier alpha value is -0.590. The molecule has 0 spiro atoms. The molecule has 15 heavy (non-hydrogen) atoms. The maximum atomic E-state index is 4.21. The zero-order valence-corrected chi connectivity index (χ0v) is 10.7. The van der Waals surface area contributed by atoms with E-state index in [1.807, 2.05) is 0 Å². The molecular formula is C14H25N. The van der Waals surface area contributed by atoms with Gasteiger partial charge in [0.2, 0.25) is 0 Å². The molecule has 3 unspecified atom stereocenters. The Morgan fingerprint density at radius 3 is 2.53 bits per heavy atom. The van der Waals surface area contributed by atoms with E-state index in [9.17, 15) is 0 Å². The Morgan fingerprint density at radius 1 is 1.53 bits per heavy atom. The van der Waals surface area contributed by atoms with E-state index in [0.29, 0.717) is 11.5 Å². The number of hydrogen-bond donors (Lipinski definition) is 0. The summed E-state index contributed by atoms with van der Waals surface area (Å²) in [7, 11) is 0. The van der Waals surface area contributed by atoms with E-state index < -0.39 is 0 Å². The van der Waals surface area contributed by atoms with Gasteiger partial charge in [-0.1, -0.05) is 39.3 Å². The smallest absolute Gasteiger partial charge is 0.0727 e. The average molecular weight is 207 g/mol. The summed E-state index contributed by atoms with van der Waals surface area (Å²) < 4.78 is 0. The van der Waals surface area contributed by atoms with Crippen molar-refractivity contribution in [3.8, 4) is 0 Å². The van der Waals surface area contributed by atoms with E-state index in [0.717, 1.165) is 11.8 Å². The molecule has 0 N–H and O–H groups in total. The van der Waals surface area contributed by atoms with Crippen LogP contribution in [0.2, 0.25) is 0 Å². The Kier molecular flexibility index (Phi) is 3.75. The zero-order valence-electron chi connectivity index (χ0n) is 10.7. The molecule has 1 saturated carbocycles. The predicted molar refractivity (Wildman–Crippen MR) is 68.4 cm³/mol. The van der Waals surface area contributed by atoms with E-state index in [-0.39, 0.29) is 0 Å². The van der Waals surface area contributed by atoms with E-state index in [2.05, 4.69) is 46.0 Å². The topological polar surface area (TPSA) is 12.4 Å². The van der Waals surface area contributed by atoms with Gasteiger partial charge in [-0.05, 0) is 43.7 Å². The molecule has 0 radical (unpaired) electrons. The fourth-order valence-corrected chi connectivity index (χ4v) is 2.40. The van der Waals surface area contributed by atoms with Crippen LogP contribution >= 0.6 is 0 Å². The molecule has 3 atom stereocenters. The molecule has 1 rings (SSSR count). The Morgan fingerprint density at radius 2 is 2.13 bits per heavy atom. The lowest BCUT2D eigenvalue weighted by Crippen LogP contribution is -2.14. The Labute approximate surface area is 94.7 Å². The van der Waals surface area contributed by atoms with Gasteiger partial charge in [-0.2, -0.15) is 0 Å². The van der Waals surface area contributed by atoms with Gasteiger partial charge in [-0.15, -0.1) is 0 Å². The van der Waals surface area contributed by atoms with Crippen molar-refractivity contribution in [2.45, 2.75) is 53.0 Å². The lowest BCUT2D eigenvalue weighted by Gasteiger charge is -2.23. The highest BCUT2D eigenvalue weighted by molar-refractivity contribution is 5.28. The minimum Gasteiger partial charge on any atom is -0.293 e. The van der Waals surface area contributed by atoms with Gasteiger partial charge in [0.1, 0.15) is 0 Å². The number of nitrogens with zero attached hydrogens (tertiary/aromatic N) is 1. The van der Waals surface area contributed by atoms with Crippen molar-refractivity contribution < 1.29 is 0 Å². The second-order valence-electron chi connectivity index (χ2n) is 5.86. The van der Waals surface area contributed by atoms with E-state index in [1.54, 1.807) is 0 Å². The SMILES string of the molecule is C=NC(C(=C)C)C1CC1CC(C)(C)CC. The quantitative estimate of drug-likeness (QED) is 0.459. The number of hydrogen-bond acceptors (Lipinski definition) is 1. The molecule has 1 aliphatic rings. The predicted octanol–water partition coefficient (Wildman–Crippen LogP) is 4.09. The molecule has 1 heteroatoms. The second-order valence-corrected chi connectivity index (χ2v) is 5.86. The van der Waals surface area contributed by atoms with Crippen LogP contribution in [-0.4, -0.2) is 12.8 Å². The third-order valence-electron chi connectivity index (χ3n) is 3.86. The highest BCUT2D eigenvalue weighted by atomic mass is 14.8. The summed E-state index contributed by atoms with van der Waals surface area (Å²) in [6.07, 6.45) is 3.91. The van der Waals surface area contributed by atoms with Crippen LogP contribution < -0.4 is 0 Å². The van der Waals surface area contributed by atoms with E-state index in [1.165, 1.54) is 24.8 Å². The van der Waals surface area contributed by atoms with Crippen LogP contribution in [0.5, 0.6) is 0 Å². The molecule has 1 fully saturated rings. The van der Waals surface area contributed by atoms with Gasteiger partial charge in [-0.25, -0.2) is 0 Å². The van der Waals surface area contributed by atoms with Gasteiger partial charge in [0.15, 0.2) is 0 Å². The summed E-state index contributed by atoms with van der Waals surface area (Å²) in [4.78, 5) is 4.21. The molecule has 0 saturated heterocycles. The average Bonchev–Trinajstić information content (AvgIpc) is 2.84. The summed E-state index contributed by atoms with van der Waals surface area (Å²) in [5.74, 6) is 1.58. The van der Waals surface area contributed by atoms with E-state index >= 15 is 0 Å². The van der Waals surface area contributed by atoms with Crippen molar-refractivity contribution in [3.05, 3.63) is 12.2 Å². The van der Waals surface area contributed by atoms with Crippen LogP contribution in [0.3, 0.4) is 0 Å². The molecule has 0 aromatic rings. The fraction of sp³-hybridized carbons (Fsp3) is 0.786. The van der Waals surface area contributed by atoms with Gasteiger partial charge in [-0.3, -0.25) is 4.99 Å². The van der Waals surface area contributed by atoms with Crippen LogP contribution in [-0.2, 0) is 0 Å². The molecule has 0 amide bonds. The highest BCUT2D eigenvalue weighted by Crippen LogP contribution is 2.50. The van der Waals surface area contributed by atoms with Crippen LogP contribution in [0.25, 0.3) is 0 Å². The molecule has 1 aliphatic carbocycles. The summed E-state index contributed by atoms with van der Waals surface area (Å²) in [6, 6.07) is 0.308. The van der Waals surface area contributed by atoms with Crippen LogP contribution in [0.4, 0.5) is 0 Å². The maximum Gasteiger partial charge on any atom is 0.0727 e. The highest BCUT2D eigenvalue weighted by Gasteiger charge is 2.44. The fourth-order valence-electron chi connectivity index (χ4n) is 2.40. The zero-order chi connectivity index (χ0) is 11.6. The Bertz CT molecular complexity index is 252. The van der Waals surface area contributed by atoms with Crippen LogP contribution in [0.15, 0.2) is 17.1 Å². The lowest BCUT2D eigenvalue weighted by atomic mass is 9.83. The Balaban J connectivity index is 2.46. The first-order valence-corrected chi connectivity index (χ1v) is 6.02. The van der Waals surface area contributed by atoms with Crippen molar-refractivity contribution in [1.29, 1.82) is 0 Å². The van der Waals surface area contributed by atoms with Crippen LogP contribution in [0.1, 0.15) is 47.0 Å². The van der Waals surface area contributed by atoms with Gasteiger partial charge in [0.05, 0.1) is 6.04 Å². The third-order valence-corrected chi connectivity index (χ3v) is 3.86. The lowest BCUT2D eigenvalue weighted by molar-refractivity contribution is 0.293. The first kappa shape index (κ1) is 12.5. The molecule has 0 aliphatic heterocycles. The summed E-state index contributed by atoms with van der Waals surface area (Å²) in [6.45, 7) is 16.8. The third kappa shape index (κ3) is 3.19. The largest absolute Gasteiger partial charge is 0.293 e. The van der Waals surface area contributed by atoms with Gasteiger partial charge in [0.25, 0.3) is 0 Å². The van der Waals surface area contributed by atoms with Crippen molar-refractivity contribution in [2.24, 2.45) is 22.2 Å². The molecule has 0 aromatic carbocycles. The maximum absolute atomic E-state index is 4.21. The monoisotopic (exact) mass is 207 g/mol. The first-order valence-electron chi connectivity index (χ1n) is 6.02. The van der Waals surface area contributed by atoms with Gasteiger partial charge >= 0.3 is 0 Å². The number of rotatable bonds is 6. The molecule has 1 nitrogen and oxygen atoms in total. The first-order chi connectivity index (χ1) is 6.91. The summed E-state index contributed by atoms with van der Waals surface area (Å²) in [5.41, 5.74) is 1.66. The molecule has 0 heterocycles. The normalized spacial score (nSPS) is 27.2. The van der Waals surface area contributed by atoms with Crippen LogP contribution in [0, 0.1) is 17.3 Å². The molecule has 86 valence electrons. The van der Waals surface area contributed by atoms with Crippen molar-refractivity contribution in [2.75, 3.05) is 0 Å². The van der Waals surface area contributed by atoms with Crippen molar-refractivity contribution >= 4 is 6.72 Å². The molecule has 0 aromatic heterocycles. The minimum atomic E-state index is 0.308. The van der Waals surface area contributed by atoms with Gasteiger partial charge in [0, 0.05) is 0 Å². The summed E-state index contributed by atoms with van der Waals surface area (Å²) >= 11 is 0. The second kappa shape index (κ2) is 4.51. The minimum absolute atomic E-state index is 0.308. The molecular weight excluding hydrogens is 182 g/mol.